The lowest BCUT2D eigenvalue weighted by Gasteiger charge is -2.28. The predicted octanol–water partition coefficient (Wildman–Crippen LogP) is 3.92. The molecule has 0 spiro atoms. The van der Waals surface area contributed by atoms with Crippen molar-refractivity contribution in [3.05, 3.63) is 59.7 Å². The highest BCUT2D eigenvalue weighted by Crippen LogP contribution is 2.44. The van der Waals surface area contributed by atoms with Gasteiger partial charge in [-0.3, -0.25) is 4.79 Å². The molecule has 32 heavy (non-hydrogen) atoms. The summed E-state index contributed by atoms with van der Waals surface area (Å²) in [6.45, 7) is 6.76. The van der Waals surface area contributed by atoms with Gasteiger partial charge in [0, 0.05) is 5.92 Å². The van der Waals surface area contributed by atoms with Gasteiger partial charge in [0.2, 0.25) is 5.91 Å². The summed E-state index contributed by atoms with van der Waals surface area (Å²) < 4.78 is 5.50. The summed E-state index contributed by atoms with van der Waals surface area (Å²) >= 11 is 0. The van der Waals surface area contributed by atoms with Crippen molar-refractivity contribution in [2.45, 2.75) is 51.6 Å². The summed E-state index contributed by atoms with van der Waals surface area (Å²) in [5.41, 5.74) is 3.10. The van der Waals surface area contributed by atoms with Gasteiger partial charge in [-0.25, -0.2) is 9.59 Å². The number of hydrogen-bond acceptors (Lipinski definition) is 4. The molecule has 2 atom stereocenters. The normalized spacial score (nSPS) is 14.6. The Labute approximate surface area is 188 Å². The van der Waals surface area contributed by atoms with Gasteiger partial charge >= 0.3 is 12.1 Å². The maximum Gasteiger partial charge on any atom is 0.408 e. The second-order valence-corrected chi connectivity index (χ2v) is 8.75. The van der Waals surface area contributed by atoms with Crippen LogP contribution in [0, 0.1) is 5.92 Å². The third-order valence-electron chi connectivity index (χ3n) is 6.09. The summed E-state index contributed by atoms with van der Waals surface area (Å²) in [6.07, 6.45) is -0.139. The molecule has 1 aliphatic carbocycles. The Bertz CT molecular complexity index is 971. The Morgan fingerprint density at radius 2 is 1.56 bits per heavy atom. The van der Waals surface area contributed by atoms with Crippen LogP contribution in [-0.4, -0.2) is 41.3 Å². The van der Waals surface area contributed by atoms with Crippen molar-refractivity contribution >= 4 is 18.0 Å². The lowest BCUT2D eigenvalue weighted by molar-refractivity contribution is -0.144. The first-order valence-corrected chi connectivity index (χ1v) is 10.8. The molecule has 1 aliphatic rings. The van der Waals surface area contributed by atoms with Gasteiger partial charge in [0.05, 0.1) is 0 Å². The van der Waals surface area contributed by atoms with Gasteiger partial charge in [-0.15, -0.1) is 0 Å². The molecule has 0 fully saturated rings. The molecule has 0 aliphatic heterocycles. The van der Waals surface area contributed by atoms with Crippen LogP contribution in [0.2, 0.25) is 0 Å². The first-order valence-electron chi connectivity index (χ1n) is 10.8. The number of nitrogens with one attached hydrogen (secondary N) is 2. The van der Waals surface area contributed by atoms with Crippen LogP contribution in [0.5, 0.6) is 0 Å². The van der Waals surface area contributed by atoms with E-state index >= 15 is 0 Å². The van der Waals surface area contributed by atoms with Crippen molar-refractivity contribution < 1.29 is 24.2 Å². The summed E-state index contributed by atoms with van der Waals surface area (Å²) in [4.78, 5) is 36.7. The van der Waals surface area contributed by atoms with E-state index in [1.807, 2.05) is 43.3 Å². The molecule has 3 N–H and O–H groups in total. The van der Waals surface area contributed by atoms with Crippen LogP contribution in [0.4, 0.5) is 4.79 Å². The molecule has 0 aromatic heterocycles. The van der Waals surface area contributed by atoms with Crippen LogP contribution in [-0.2, 0) is 14.3 Å². The van der Waals surface area contributed by atoms with Gasteiger partial charge in [-0.2, -0.15) is 0 Å². The van der Waals surface area contributed by atoms with E-state index in [0.717, 1.165) is 22.3 Å². The number of amides is 2. The van der Waals surface area contributed by atoms with E-state index in [0.29, 0.717) is 6.42 Å². The quantitative estimate of drug-likeness (QED) is 0.579. The van der Waals surface area contributed by atoms with Gasteiger partial charge in [-0.1, -0.05) is 68.8 Å². The highest BCUT2D eigenvalue weighted by Gasteiger charge is 2.35. The number of aliphatic carboxylic acids is 1. The topological polar surface area (TPSA) is 105 Å². The molecule has 0 saturated carbocycles. The molecule has 170 valence electrons. The fraction of sp³-hybridized carbons (Fsp3) is 0.400. The standard InChI is InChI=1S/C25H30N2O5/c1-5-15(2)21(22(28)29)26-23(30)25(3,4)27-24(31)32-14-20-18-12-8-6-10-16(18)17-11-7-9-13-19(17)20/h6-13,15,20-21H,5,14H2,1-4H3,(H,26,30)(H,27,31)(H,28,29)/t15?,21-/m0/s1. The van der Waals surface area contributed by atoms with Crippen LogP contribution < -0.4 is 10.6 Å². The number of benzene rings is 2. The number of rotatable bonds is 8. The molecule has 3 rings (SSSR count). The summed E-state index contributed by atoms with van der Waals surface area (Å²) in [5.74, 6) is -2.03. The maximum absolute atomic E-state index is 12.7. The fourth-order valence-corrected chi connectivity index (χ4v) is 3.95. The van der Waals surface area contributed by atoms with E-state index in [9.17, 15) is 19.5 Å². The van der Waals surface area contributed by atoms with Crippen LogP contribution >= 0.6 is 0 Å². The second-order valence-electron chi connectivity index (χ2n) is 8.75. The van der Waals surface area contributed by atoms with Crippen LogP contribution in [0.1, 0.15) is 51.2 Å². The molecular formula is C25H30N2O5. The molecule has 0 radical (unpaired) electrons. The van der Waals surface area contributed by atoms with E-state index in [2.05, 4.69) is 22.8 Å². The second kappa shape index (κ2) is 9.42. The zero-order chi connectivity index (χ0) is 23.5. The number of fused-ring (bicyclic) bond motifs is 3. The fourth-order valence-electron chi connectivity index (χ4n) is 3.95. The van der Waals surface area contributed by atoms with Gasteiger partial charge < -0.3 is 20.5 Å². The van der Waals surface area contributed by atoms with Crippen molar-refractivity contribution in [1.29, 1.82) is 0 Å². The number of carboxylic acids is 1. The third kappa shape index (κ3) is 4.77. The first-order chi connectivity index (χ1) is 15.2. The van der Waals surface area contributed by atoms with E-state index in [1.54, 1.807) is 6.92 Å². The molecule has 0 heterocycles. The Morgan fingerprint density at radius 1 is 1.03 bits per heavy atom. The average molecular weight is 439 g/mol. The molecule has 2 aromatic rings. The van der Waals surface area contributed by atoms with E-state index in [4.69, 9.17) is 4.74 Å². The zero-order valence-electron chi connectivity index (χ0n) is 18.8. The summed E-state index contributed by atoms with van der Waals surface area (Å²) in [6, 6.07) is 15.0. The Balaban J connectivity index is 1.64. The molecule has 2 aromatic carbocycles. The van der Waals surface area contributed by atoms with Gasteiger partial charge in [0.1, 0.15) is 18.2 Å². The zero-order valence-corrected chi connectivity index (χ0v) is 18.8. The number of carboxylic acid groups (broad SMARTS) is 1. The molecule has 7 nitrogen and oxygen atoms in total. The van der Waals surface area contributed by atoms with Crippen LogP contribution in [0.3, 0.4) is 0 Å². The SMILES string of the molecule is CCC(C)[C@H](NC(=O)C(C)(C)NC(=O)OCC1c2ccccc2-c2ccccc21)C(=O)O. The molecule has 0 bridgehead atoms. The minimum Gasteiger partial charge on any atom is -0.480 e. The molecule has 1 unspecified atom stereocenters. The molecule has 0 saturated heterocycles. The summed E-state index contributed by atoms with van der Waals surface area (Å²) in [5, 5.41) is 14.5. The lowest BCUT2D eigenvalue weighted by Crippen LogP contribution is -2.59. The van der Waals surface area contributed by atoms with Crippen molar-refractivity contribution in [3.8, 4) is 11.1 Å². The lowest BCUT2D eigenvalue weighted by atomic mass is 9.97. The smallest absolute Gasteiger partial charge is 0.408 e. The summed E-state index contributed by atoms with van der Waals surface area (Å²) in [7, 11) is 0. The minimum absolute atomic E-state index is 0.0908. The van der Waals surface area contributed by atoms with Crippen LogP contribution in [0.25, 0.3) is 11.1 Å². The third-order valence-corrected chi connectivity index (χ3v) is 6.09. The van der Waals surface area contributed by atoms with E-state index in [-0.39, 0.29) is 18.4 Å². The van der Waals surface area contributed by atoms with Crippen molar-refractivity contribution in [3.63, 3.8) is 0 Å². The Morgan fingerprint density at radius 3 is 2.06 bits per heavy atom. The van der Waals surface area contributed by atoms with Crippen molar-refractivity contribution in [2.75, 3.05) is 6.61 Å². The van der Waals surface area contributed by atoms with Crippen molar-refractivity contribution in [1.82, 2.24) is 10.6 Å². The number of alkyl carbamates (subject to hydrolysis) is 1. The predicted molar refractivity (Wildman–Crippen MR) is 121 cm³/mol. The highest BCUT2D eigenvalue weighted by molar-refractivity contribution is 5.92. The highest BCUT2D eigenvalue weighted by atomic mass is 16.5. The van der Waals surface area contributed by atoms with Gasteiger partial charge in [-0.05, 0) is 42.0 Å². The van der Waals surface area contributed by atoms with E-state index in [1.165, 1.54) is 13.8 Å². The number of ether oxygens (including phenoxy) is 1. The first kappa shape index (κ1) is 23.3. The largest absolute Gasteiger partial charge is 0.480 e. The molecule has 2 amide bonds. The monoisotopic (exact) mass is 438 g/mol. The average Bonchev–Trinajstić information content (AvgIpc) is 3.08. The maximum atomic E-state index is 12.7. The molecular weight excluding hydrogens is 408 g/mol. The Hall–Kier alpha value is -3.35. The minimum atomic E-state index is -1.34. The van der Waals surface area contributed by atoms with Crippen molar-refractivity contribution in [2.24, 2.45) is 5.92 Å². The van der Waals surface area contributed by atoms with Gasteiger partial charge in [0.15, 0.2) is 0 Å². The Kier molecular flexibility index (Phi) is 6.87. The number of carbonyl (C=O) groups excluding carboxylic acids is 2. The van der Waals surface area contributed by atoms with Crippen LogP contribution in [0.15, 0.2) is 48.5 Å². The van der Waals surface area contributed by atoms with Gasteiger partial charge in [0.25, 0.3) is 0 Å². The molecule has 7 heteroatoms. The number of carbonyl (C=O) groups is 3. The number of hydrogen-bond donors (Lipinski definition) is 3. The van der Waals surface area contributed by atoms with E-state index < -0.39 is 29.6 Å².